The van der Waals surface area contributed by atoms with Crippen molar-refractivity contribution in [3.05, 3.63) is 33.3 Å². The van der Waals surface area contributed by atoms with Gasteiger partial charge in [0.2, 0.25) is 5.91 Å². The number of amides is 2. The zero-order chi connectivity index (χ0) is 22.3. The molecular formula is C20H30BBrClN3O4. The maximum atomic E-state index is 12.6. The summed E-state index contributed by atoms with van der Waals surface area (Å²) >= 11 is 9.29. The highest BCUT2D eigenvalue weighted by atomic mass is 79.9. The predicted octanol–water partition coefficient (Wildman–Crippen LogP) is 2.80. The van der Waals surface area contributed by atoms with E-state index in [1.165, 1.54) is 0 Å². The molecule has 1 aromatic rings. The molecular weight excluding hydrogens is 472 g/mol. The van der Waals surface area contributed by atoms with E-state index in [1.54, 1.807) is 18.2 Å². The molecule has 0 bridgehead atoms. The van der Waals surface area contributed by atoms with Crippen molar-refractivity contribution in [1.82, 2.24) is 16.0 Å². The third-order valence-electron chi connectivity index (χ3n) is 4.58. The Morgan fingerprint density at radius 3 is 2.50 bits per heavy atom. The first-order chi connectivity index (χ1) is 14.2. The smallest absolute Gasteiger partial charge is 0.406 e. The zero-order valence-electron chi connectivity index (χ0n) is 17.8. The molecule has 2 amide bonds. The number of hydrogen-bond donors (Lipinski definition) is 3. The van der Waals surface area contributed by atoms with Crippen LogP contribution in [0.3, 0.4) is 0 Å². The van der Waals surface area contributed by atoms with Gasteiger partial charge in [0.1, 0.15) is 0 Å². The molecule has 2 rings (SSSR count). The van der Waals surface area contributed by atoms with E-state index in [1.807, 2.05) is 13.8 Å². The van der Waals surface area contributed by atoms with Crippen LogP contribution in [0.4, 0.5) is 0 Å². The summed E-state index contributed by atoms with van der Waals surface area (Å²) < 4.78 is 12.7. The van der Waals surface area contributed by atoms with Gasteiger partial charge in [-0.25, -0.2) is 0 Å². The minimum absolute atomic E-state index is 0.0473. The van der Waals surface area contributed by atoms with Gasteiger partial charge in [-0.3, -0.25) is 9.59 Å². The molecule has 2 unspecified atom stereocenters. The Bertz CT molecular complexity index is 728. The lowest BCUT2D eigenvalue weighted by Gasteiger charge is -2.32. The number of carbonyl (C=O) groups excluding carboxylic acids is 2. The van der Waals surface area contributed by atoms with E-state index in [0.717, 1.165) is 13.1 Å². The van der Waals surface area contributed by atoms with Gasteiger partial charge in [0.15, 0.2) is 0 Å². The topological polar surface area (TPSA) is 88.7 Å². The molecule has 10 heteroatoms. The summed E-state index contributed by atoms with van der Waals surface area (Å²) in [6, 6.07) is 4.92. The van der Waals surface area contributed by atoms with Crippen LogP contribution in [0.5, 0.6) is 0 Å². The molecule has 3 N–H and O–H groups in total. The van der Waals surface area contributed by atoms with E-state index >= 15 is 0 Å². The standard InChI is InChI=1S/C20H30BBrClN3O4/c1-12(2)7-18(21-29-13(3)9-24-10-14(4)30-21)26-19(27)11-25-20(28)16-8-15(23)5-6-17(16)22/h5-6,8,12-14,18,24H,7,9-11H2,1-4H3,(H,25,28)(H,26,27)/t13?,14?,18-/m0/s1. The second-order valence-electron chi connectivity index (χ2n) is 8.03. The lowest BCUT2D eigenvalue weighted by molar-refractivity contribution is -0.120. The Morgan fingerprint density at radius 2 is 1.90 bits per heavy atom. The fourth-order valence-electron chi connectivity index (χ4n) is 3.20. The second-order valence-corrected chi connectivity index (χ2v) is 9.32. The van der Waals surface area contributed by atoms with Gasteiger partial charge in [-0.1, -0.05) is 25.4 Å². The molecule has 1 aliphatic heterocycles. The quantitative estimate of drug-likeness (QED) is 0.499. The van der Waals surface area contributed by atoms with Crippen LogP contribution in [0.2, 0.25) is 5.02 Å². The van der Waals surface area contributed by atoms with E-state index < -0.39 is 7.12 Å². The monoisotopic (exact) mass is 501 g/mol. The molecule has 1 fully saturated rings. The minimum Gasteiger partial charge on any atom is -0.406 e. The Morgan fingerprint density at radius 1 is 1.27 bits per heavy atom. The van der Waals surface area contributed by atoms with Crippen molar-refractivity contribution in [3.63, 3.8) is 0 Å². The van der Waals surface area contributed by atoms with Gasteiger partial charge in [-0.15, -0.1) is 0 Å². The summed E-state index contributed by atoms with van der Waals surface area (Å²) in [5.74, 6) is -0.685. The van der Waals surface area contributed by atoms with Gasteiger partial charge in [0.05, 0.1) is 30.3 Å². The molecule has 0 saturated carbocycles. The fourth-order valence-corrected chi connectivity index (χ4v) is 3.80. The molecule has 0 aromatic heterocycles. The van der Waals surface area contributed by atoms with Gasteiger partial charge in [-0.2, -0.15) is 0 Å². The van der Waals surface area contributed by atoms with Crippen molar-refractivity contribution in [2.75, 3.05) is 19.6 Å². The van der Waals surface area contributed by atoms with Gasteiger partial charge < -0.3 is 25.3 Å². The van der Waals surface area contributed by atoms with E-state index in [2.05, 4.69) is 45.7 Å². The van der Waals surface area contributed by atoms with Crippen molar-refractivity contribution < 1.29 is 18.9 Å². The van der Waals surface area contributed by atoms with E-state index in [4.69, 9.17) is 20.9 Å². The molecule has 1 aromatic carbocycles. The highest BCUT2D eigenvalue weighted by Gasteiger charge is 2.36. The first kappa shape index (κ1) is 25.1. The molecule has 7 nitrogen and oxygen atoms in total. The average Bonchev–Trinajstić information content (AvgIpc) is 2.65. The molecule has 1 heterocycles. The average molecular weight is 503 g/mol. The summed E-state index contributed by atoms with van der Waals surface area (Å²) in [6.07, 6.45) is 0.597. The molecule has 0 spiro atoms. The Kier molecular flexibility index (Phi) is 10.1. The maximum absolute atomic E-state index is 12.6. The highest BCUT2D eigenvalue weighted by molar-refractivity contribution is 9.10. The summed E-state index contributed by atoms with van der Waals surface area (Å²) in [5.41, 5.74) is 0.371. The minimum atomic E-state index is -0.554. The number of halogens is 2. The Labute approximate surface area is 192 Å². The van der Waals surface area contributed by atoms with Crippen molar-refractivity contribution >= 4 is 46.5 Å². The van der Waals surface area contributed by atoms with Crippen LogP contribution in [-0.4, -0.2) is 56.7 Å². The summed E-state index contributed by atoms with van der Waals surface area (Å²) in [5, 5.41) is 9.35. The van der Waals surface area contributed by atoms with Crippen molar-refractivity contribution in [1.29, 1.82) is 0 Å². The number of hydrogen-bond acceptors (Lipinski definition) is 5. The first-order valence-corrected chi connectivity index (χ1v) is 11.4. The molecule has 30 heavy (non-hydrogen) atoms. The zero-order valence-corrected chi connectivity index (χ0v) is 20.2. The van der Waals surface area contributed by atoms with Crippen LogP contribution in [0.25, 0.3) is 0 Å². The SMILES string of the molecule is CC(C)C[C@H](NC(=O)CNC(=O)c1cc(Cl)ccc1Br)B1OC(C)CNCC(C)O1. The molecule has 3 atom stereocenters. The van der Waals surface area contributed by atoms with Gasteiger partial charge in [0, 0.05) is 22.6 Å². The predicted molar refractivity (Wildman–Crippen MR) is 123 cm³/mol. The van der Waals surface area contributed by atoms with Crippen molar-refractivity contribution in [2.45, 2.75) is 52.3 Å². The summed E-state index contributed by atoms with van der Waals surface area (Å²) in [7, 11) is -0.554. The summed E-state index contributed by atoms with van der Waals surface area (Å²) in [4.78, 5) is 25.0. The lowest BCUT2D eigenvalue weighted by atomic mass is 9.73. The van der Waals surface area contributed by atoms with Crippen LogP contribution in [0, 0.1) is 5.92 Å². The molecule has 0 aliphatic carbocycles. The summed E-state index contributed by atoms with van der Waals surface area (Å²) in [6.45, 7) is 9.37. The van der Waals surface area contributed by atoms with Gasteiger partial charge in [0.25, 0.3) is 5.91 Å². The van der Waals surface area contributed by atoms with Crippen LogP contribution in [0.1, 0.15) is 44.5 Å². The van der Waals surface area contributed by atoms with Crippen molar-refractivity contribution in [2.24, 2.45) is 5.92 Å². The number of benzene rings is 1. The van der Waals surface area contributed by atoms with Crippen LogP contribution in [0.15, 0.2) is 22.7 Å². The lowest BCUT2D eigenvalue weighted by Crippen LogP contribution is -2.56. The number of carbonyl (C=O) groups is 2. The van der Waals surface area contributed by atoms with Crippen LogP contribution < -0.4 is 16.0 Å². The van der Waals surface area contributed by atoms with Crippen LogP contribution in [-0.2, 0) is 14.1 Å². The molecule has 166 valence electrons. The van der Waals surface area contributed by atoms with E-state index in [-0.39, 0.29) is 36.5 Å². The van der Waals surface area contributed by atoms with E-state index in [9.17, 15) is 9.59 Å². The molecule has 1 saturated heterocycles. The maximum Gasteiger partial charge on any atom is 0.481 e. The molecule has 1 aliphatic rings. The third-order valence-corrected chi connectivity index (χ3v) is 5.51. The van der Waals surface area contributed by atoms with E-state index in [0.29, 0.717) is 27.4 Å². The molecule has 0 radical (unpaired) electrons. The van der Waals surface area contributed by atoms with Gasteiger partial charge in [-0.05, 0) is 60.3 Å². The second kappa shape index (κ2) is 12.1. The van der Waals surface area contributed by atoms with Crippen molar-refractivity contribution in [3.8, 4) is 0 Å². The number of rotatable bonds is 7. The third kappa shape index (κ3) is 8.19. The highest BCUT2D eigenvalue weighted by Crippen LogP contribution is 2.21. The first-order valence-electron chi connectivity index (χ1n) is 10.2. The van der Waals surface area contributed by atoms with Crippen LogP contribution >= 0.6 is 27.5 Å². The van der Waals surface area contributed by atoms with Gasteiger partial charge >= 0.3 is 7.12 Å². The Hall–Kier alpha value is -1.13. The normalized spacial score (nSPS) is 21.0. The largest absolute Gasteiger partial charge is 0.481 e. The Balaban J connectivity index is 2.00. The fraction of sp³-hybridized carbons (Fsp3) is 0.600. The number of nitrogens with one attached hydrogen (secondary N) is 3.